The standard InChI is InChI=1S/C9H15N3O2/c1-2-14-8-4-6-11-9(12-8)10-5-3-7-13/h4,6,13H,2-3,5,7H2,1H3,(H,10,11,12). The minimum atomic E-state index is 0.165. The topological polar surface area (TPSA) is 67.3 Å². The van der Waals surface area contributed by atoms with E-state index in [-0.39, 0.29) is 6.61 Å². The first kappa shape index (κ1) is 10.7. The van der Waals surface area contributed by atoms with Crippen molar-refractivity contribution in [3.05, 3.63) is 12.3 Å². The Kier molecular flexibility index (Phi) is 4.71. The summed E-state index contributed by atoms with van der Waals surface area (Å²) < 4.78 is 5.21. The number of rotatable bonds is 6. The third kappa shape index (κ3) is 3.57. The lowest BCUT2D eigenvalue weighted by Crippen LogP contribution is -2.07. The van der Waals surface area contributed by atoms with Gasteiger partial charge in [-0.25, -0.2) is 4.98 Å². The lowest BCUT2D eigenvalue weighted by molar-refractivity contribution is 0.292. The Morgan fingerprint density at radius 2 is 2.43 bits per heavy atom. The van der Waals surface area contributed by atoms with Crippen LogP contribution in [-0.4, -0.2) is 34.8 Å². The lowest BCUT2D eigenvalue weighted by Gasteiger charge is -2.05. The van der Waals surface area contributed by atoms with E-state index in [9.17, 15) is 0 Å². The summed E-state index contributed by atoms with van der Waals surface area (Å²) in [5.41, 5.74) is 0. The van der Waals surface area contributed by atoms with Crippen LogP contribution in [0.1, 0.15) is 13.3 Å². The molecule has 2 N–H and O–H groups in total. The van der Waals surface area contributed by atoms with Crippen LogP contribution in [0.2, 0.25) is 0 Å². The van der Waals surface area contributed by atoms with Gasteiger partial charge in [0.15, 0.2) is 0 Å². The molecule has 0 aromatic carbocycles. The van der Waals surface area contributed by atoms with Crippen molar-refractivity contribution in [2.45, 2.75) is 13.3 Å². The van der Waals surface area contributed by atoms with Gasteiger partial charge in [-0.2, -0.15) is 4.98 Å². The molecule has 1 heterocycles. The van der Waals surface area contributed by atoms with E-state index in [1.807, 2.05) is 6.92 Å². The third-order valence-corrected chi connectivity index (χ3v) is 1.54. The van der Waals surface area contributed by atoms with E-state index in [1.165, 1.54) is 0 Å². The van der Waals surface area contributed by atoms with Crippen LogP contribution >= 0.6 is 0 Å². The summed E-state index contributed by atoms with van der Waals surface area (Å²) >= 11 is 0. The van der Waals surface area contributed by atoms with Crippen molar-refractivity contribution in [3.8, 4) is 5.88 Å². The van der Waals surface area contributed by atoms with Gasteiger partial charge in [0.05, 0.1) is 6.61 Å². The minimum absolute atomic E-state index is 0.165. The second-order valence-electron chi connectivity index (χ2n) is 2.66. The molecule has 5 heteroatoms. The monoisotopic (exact) mass is 197 g/mol. The second-order valence-corrected chi connectivity index (χ2v) is 2.66. The number of aromatic nitrogens is 2. The molecule has 0 spiro atoms. The van der Waals surface area contributed by atoms with Gasteiger partial charge in [0.2, 0.25) is 11.8 Å². The van der Waals surface area contributed by atoms with E-state index < -0.39 is 0 Å². The lowest BCUT2D eigenvalue weighted by atomic mass is 10.4. The minimum Gasteiger partial charge on any atom is -0.478 e. The molecule has 1 rings (SSSR count). The number of hydrogen-bond donors (Lipinski definition) is 2. The molecule has 78 valence electrons. The van der Waals surface area contributed by atoms with Gasteiger partial charge in [-0.15, -0.1) is 0 Å². The van der Waals surface area contributed by atoms with Crippen LogP contribution in [0.5, 0.6) is 5.88 Å². The van der Waals surface area contributed by atoms with Crippen molar-refractivity contribution in [2.24, 2.45) is 0 Å². The van der Waals surface area contributed by atoms with Crippen molar-refractivity contribution in [3.63, 3.8) is 0 Å². The van der Waals surface area contributed by atoms with E-state index >= 15 is 0 Å². The smallest absolute Gasteiger partial charge is 0.225 e. The zero-order chi connectivity index (χ0) is 10.2. The maximum Gasteiger partial charge on any atom is 0.225 e. The Labute approximate surface area is 83.2 Å². The predicted molar refractivity (Wildman–Crippen MR) is 53.4 cm³/mol. The van der Waals surface area contributed by atoms with Crippen molar-refractivity contribution in [1.29, 1.82) is 0 Å². The third-order valence-electron chi connectivity index (χ3n) is 1.54. The van der Waals surface area contributed by atoms with Gasteiger partial charge in [-0.05, 0) is 13.3 Å². The van der Waals surface area contributed by atoms with Crippen LogP contribution in [-0.2, 0) is 0 Å². The normalized spacial score (nSPS) is 9.86. The summed E-state index contributed by atoms with van der Waals surface area (Å²) in [7, 11) is 0. The second kappa shape index (κ2) is 6.15. The maximum absolute atomic E-state index is 8.58. The quantitative estimate of drug-likeness (QED) is 0.656. The molecule has 0 aliphatic carbocycles. The molecule has 0 aliphatic heterocycles. The highest BCUT2D eigenvalue weighted by molar-refractivity contribution is 5.27. The number of nitrogens with zero attached hydrogens (tertiary/aromatic N) is 2. The maximum atomic E-state index is 8.58. The van der Waals surface area contributed by atoms with E-state index in [0.717, 1.165) is 0 Å². The van der Waals surface area contributed by atoms with Crippen LogP contribution in [0, 0.1) is 0 Å². The van der Waals surface area contributed by atoms with Crippen molar-refractivity contribution >= 4 is 5.95 Å². The van der Waals surface area contributed by atoms with Crippen molar-refractivity contribution < 1.29 is 9.84 Å². The van der Waals surface area contributed by atoms with E-state index in [2.05, 4.69) is 15.3 Å². The van der Waals surface area contributed by atoms with Gasteiger partial charge >= 0.3 is 0 Å². The number of ether oxygens (including phenoxy) is 1. The molecule has 0 unspecified atom stereocenters. The van der Waals surface area contributed by atoms with Gasteiger partial charge in [-0.1, -0.05) is 0 Å². The van der Waals surface area contributed by atoms with Gasteiger partial charge in [-0.3, -0.25) is 0 Å². The zero-order valence-electron chi connectivity index (χ0n) is 8.23. The first-order valence-corrected chi connectivity index (χ1v) is 4.67. The molecule has 0 bridgehead atoms. The van der Waals surface area contributed by atoms with Gasteiger partial charge in [0, 0.05) is 25.4 Å². The number of anilines is 1. The summed E-state index contributed by atoms with van der Waals surface area (Å²) in [5, 5.41) is 11.6. The average molecular weight is 197 g/mol. The Balaban J connectivity index is 2.46. The number of nitrogens with one attached hydrogen (secondary N) is 1. The average Bonchev–Trinajstić information content (AvgIpc) is 2.19. The number of aliphatic hydroxyl groups excluding tert-OH is 1. The molecule has 0 fully saturated rings. The molecule has 1 aromatic rings. The fourth-order valence-corrected chi connectivity index (χ4v) is 0.935. The van der Waals surface area contributed by atoms with Gasteiger partial charge in [0.25, 0.3) is 0 Å². The van der Waals surface area contributed by atoms with Gasteiger partial charge in [0.1, 0.15) is 0 Å². The number of aliphatic hydroxyl groups is 1. The SMILES string of the molecule is CCOc1ccnc(NCCCO)n1. The van der Waals surface area contributed by atoms with Gasteiger partial charge < -0.3 is 15.2 Å². The molecule has 0 aliphatic rings. The fourth-order valence-electron chi connectivity index (χ4n) is 0.935. The largest absolute Gasteiger partial charge is 0.478 e. The highest BCUT2D eigenvalue weighted by Gasteiger charge is 1.97. The molecule has 0 saturated carbocycles. The molecule has 0 saturated heterocycles. The summed E-state index contributed by atoms with van der Waals surface area (Å²) in [4.78, 5) is 8.12. The van der Waals surface area contributed by atoms with Crippen LogP contribution in [0.25, 0.3) is 0 Å². The Bertz CT molecular complexity index is 268. The molecule has 14 heavy (non-hydrogen) atoms. The highest BCUT2D eigenvalue weighted by atomic mass is 16.5. The first-order chi connectivity index (χ1) is 6.86. The molecule has 0 amide bonds. The van der Waals surface area contributed by atoms with E-state index in [0.29, 0.717) is 31.4 Å². The summed E-state index contributed by atoms with van der Waals surface area (Å²) in [6, 6.07) is 1.71. The Hall–Kier alpha value is -1.36. The Morgan fingerprint density at radius 3 is 3.14 bits per heavy atom. The van der Waals surface area contributed by atoms with Crippen LogP contribution < -0.4 is 10.1 Å². The Morgan fingerprint density at radius 1 is 1.57 bits per heavy atom. The van der Waals surface area contributed by atoms with E-state index in [1.54, 1.807) is 12.3 Å². The van der Waals surface area contributed by atoms with Crippen LogP contribution in [0.15, 0.2) is 12.3 Å². The molecular formula is C9H15N3O2. The highest BCUT2D eigenvalue weighted by Crippen LogP contribution is 2.07. The molecular weight excluding hydrogens is 182 g/mol. The predicted octanol–water partition coefficient (Wildman–Crippen LogP) is 0.670. The van der Waals surface area contributed by atoms with Crippen molar-refractivity contribution in [2.75, 3.05) is 25.1 Å². The molecule has 1 aromatic heterocycles. The van der Waals surface area contributed by atoms with E-state index in [4.69, 9.17) is 9.84 Å². The van der Waals surface area contributed by atoms with Crippen molar-refractivity contribution in [1.82, 2.24) is 9.97 Å². The molecule has 0 radical (unpaired) electrons. The van der Waals surface area contributed by atoms with Crippen LogP contribution in [0.4, 0.5) is 5.95 Å². The molecule has 0 atom stereocenters. The summed E-state index contributed by atoms with van der Waals surface area (Å²) in [6.07, 6.45) is 2.32. The fraction of sp³-hybridized carbons (Fsp3) is 0.556. The zero-order valence-corrected chi connectivity index (χ0v) is 8.23. The summed E-state index contributed by atoms with van der Waals surface area (Å²) in [5.74, 6) is 1.10. The first-order valence-electron chi connectivity index (χ1n) is 4.67. The summed E-state index contributed by atoms with van der Waals surface area (Å²) in [6.45, 7) is 3.32. The van der Waals surface area contributed by atoms with Crippen LogP contribution in [0.3, 0.4) is 0 Å². The number of hydrogen-bond acceptors (Lipinski definition) is 5. The molecule has 5 nitrogen and oxygen atoms in total.